The van der Waals surface area contributed by atoms with Gasteiger partial charge in [0.25, 0.3) is 5.91 Å². The number of esters is 1. The predicted molar refractivity (Wildman–Crippen MR) is 140 cm³/mol. The third kappa shape index (κ3) is 3.88. The van der Waals surface area contributed by atoms with Crippen LogP contribution in [0.4, 0.5) is 11.4 Å². The number of carbonyl (C=O) groups excluding carboxylic acids is 4. The predicted octanol–water partition coefficient (Wildman–Crippen LogP) is 4.61. The number of hydrogen-bond donors (Lipinski definition) is 1. The van der Waals surface area contributed by atoms with Crippen molar-refractivity contribution in [1.82, 2.24) is 0 Å². The fraction of sp³-hybridized carbons (Fsp3) is 0.286. The average Bonchev–Trinajstić information content (AvgIpc) is 3.52. The number of fused-ring (bicyclic) bond motifs is 6. The molecule has 1 N–H and O–H groups in total. The van der Waals surface area contributed by atoms with Gasteiger partial charge >= 0.3 is 5.97 Å². The Kier molecular flexibility index (Phi) is 5.92. The Morgan fingerprint density at radius 2 is 1.54 bits per heavy atom. The van der Waals surface area contributed by atoms with E-state index in [1.54, 1.807) is 18.2 Å². The van der Waals surface area contributed by atoms with Crippen LogP contribution < -0.4 is 10.2 Å². The summed E-state index contributed by atoms with van der Waals surface area (Å²) >= 11 is 12.9. The minimum atomic E-state index is -0.740. The van der Waals surface area contributed by atoms with E-state index in [0.29, 0.717) is 12.1 Å². The zero-order valence-electron chi connectivity index (χ0n) is 19.5. The van der Waals surface area contributed by atoms with E-state index in [4.69, 9.17) is 27.9 Å². The lowest BCUT2D eigenvalue weighted by atomic mass is 9.80. The number of rotatable bonds is 5. The van der Waals surface area contributed by atoms with Gasteiger partial charge in [-0.3, -0.25) is 19.3 Å². The summed E-state index contributed by atoms with van der Waals surface area (Å²) in [4.78, 5) is 52.8. The van der Waals surface area contributed by atoms with Crippen molar-refractivity contribution in [2.24, 2.45) is 23.7 Å². The molecule has 1 heterocycles. The molecule has 37 heavy (non-hydrogen) atoms. The van der Waals surface area contributed by atoms with Gasteiger partial charge in [-0.2, -0.15) is 0 Å². The molecule has 3 amide bonds. The number of carbonyl (C=O) groups is 4. The van der Waals surface area contributed by atoms with Crippen molar-refractivity contribution < 1.29 is 23.9 Å². The minimum Gasteiger partial charge on any atom is -0.452 e. The number of hydrogen-bond acceptors (Lipinski definition) is 5. The van der Waals surface area contributed by atoms with E-state index in [0.717, 1.165) is 15.7 Å². The smallest absolute Gasteiger partial charge is 0.338 e. The van der Waals surface area contributed by atoms with Gasteiger partial charge in [-0.1, -0.05) is 42.5 Å². The molecule has 188 valence electrons. The van der Waals surface area contributed by atoms with Crippen molar-refractivity contribution in [3.8, 4) is 0 Å². The summed E-state index contributed by atoms with van der Waals surface area (Å²) in [6.45, 7) is -0.490. The number of halogens is 2. The van der Waals surface area contributed by atoms with E-state index in [9.17, 15) is 19.2 Å². The number of benzene rings is 3. The highest BCUT2D eigenvalue weighted by Gasteiger charge is 2.66. The number of anilines is 2. The van der Waals surface area contributed by atoms with E-state index >= 15 is 0 Å². The Bertz CT molecular complexity index is 1420. The first kappa shape index (κ1) is 23.9. The Labute approximate surface area is 222 Å². The second kappa shape index (κ2) is 9.15. The Morgan fingerprint density at radius 1 is 0.892 bits per heavy atom. The van der Waals surface area contributed by atoms with Crippen molar-refractivity contribution in [2.45, 2.75) is 17.2 Å². The highest BCUT2D eigenvalue weighted by atomic mass is 35.5. The van der Waals surface area contributed by atoms with Gasteiger partial charge in [-0.05, 0) is 47.9 Å². The van der Waals surface area contributed by atoms with Gasteiger partial charge in [-0.25, -0.2) is 4.79 Å². The molecule has 3 aliphatic rings. The lowest BCUT2D eigenvalue weighted by Crippen LogP contribution is -2.37. The standard InChI is InChI=1S/C28H22Cl2N2O5/c29-24-18-12-19(25(24)30)23-22(18)26(34)32(27(23)35)16-8-3-7-15(11-16)28(36)37-13-21(33)31-20-10-4-6-14-5-1-2-9-17(14)20/h1-11,18-19,22-25H,12-13H2,(H,31,33)/t18-,19-,22-,23-,24-,25+/m1/s1. The summed E-state index contributed by atoms with van der Waals surface area (Å²) in [6.07, 6.45) is 0.677. The molecular weight excluding hydrogens is 515 g/mol. The molecule has 3 aromatic rings. The first-order valence-electron chi connectivity index (χ1n) is 12.1. The van der Waals surface area contributed by atoms with Crippen LogP contribution in [-0.4, -0.2) is 41.1 Å². The molecule has 0 radical (unpaired) electrons. The molecule has 7 nitrogen and oxygen atoms in total. The van der Waals surface area contributed by atoms with Crippen molar-refractivity contribution in [1.29, 1.82) is 0 Å². The number of nitrogens with one attached hydrogen (secondary N) is 1. The van der Waals surface area contributed by atoms with Crippen LogP contribution >= 0.6 is 23.2 Å². The first-order valence-corrected chi connectivity index (χ1v) is 12.9. The lowest BCUT2D eigenvalue weighted by molar-refractivity contribution is -0.123. The molecule has 2 aliphatic carbocycles. The molecule has 0 unspecified atom stereocenters. The van der Waals surface area contributed by atoms with E-state index in [2.05, 4.69) is 5.32 Å². The summed E-state index contributed by atoms with van der Waals surface area (Å²) in [5.41, 5.74) is 1.03. The Hall–Kier alpha value is -3.42. The SMILES string of the molecule is O=C(COC(=O)c1cccc(N2C(=O)[C@@H]3[C@H]4C[C@@H]([C@@H](Cl)[C@H]4Cl)[C@H]3C2=O)c1)Nc1cccc2ccccc12. The largest absolute Gasteiger partial charge is 0.452 e. The van der Waals surface area contributed by atoms with Crippen LogP contribution in [0.1, 0.15) is 16.8 Å². The van der Waals surface area contributed by atoms with Crippen LogP contribution in [0.2, 0.25) is 0 Å². The third-order valence-electron chi connectivity index (χ3n) is 7.73. The normalized spacial score (nSPS) is 28.0. The number of ether oxygens (including phenoxy) is 1. The third-order valence-corrected chi connectivity index (χ3v) is 9.04. The van der Waals surface area contributed by atoms with Gasteiger partial charge in [0.05, 0.1) is 33.8 Å². The molecule has 3 fully saturated rings. The maximum absolute atomic E-state index is 13.2. The quantitative estimate of drug-likeness (QED) is 0.292. The summed E-state index contributed by atoms with van der Waals surface area (Å²) < 4.78 is 5.22. The van der Waals surface area contributed by atoms with E-state index in [-0.39, 0.29) is 45.7 Å². The maximum atomic E-state index is 13.2. The van der Waals surface area contributed by atoms with Crippen LogP contribution in [0.3, 0.4) is 0 Å². The van der Waals surface area contributed by atoms with Gasteiger partial charge in [0.2, 0.25) is 11.8 Å². The Morgan fingerprint density at radius 3 is 2.27 bits per heavy atom. The molecule has 1 aliphatic heterocycles. The molecule has 2 bridgehead atoms. The van der Waals surface area contributed by atoms with Crippen molar-refractivity contribution in [3.63, 3.8) is 0 Å². The number of amides is 3. The molecule has 2 saturated carbocycles. The van der Waals surface area contributed by atoms with Crippen LogP contribution in [-0.2, 0) is 19.1 Å². The summed E-state index contributed by atoms with van der Waals surface area (Å²) in [6, 6.07) is 19.3. The van der Waals surface area contributed by atoms with Gasteiger partial charge in [0.1, 0.15) is 0 Å². The topological polar surface area (TPSA) is 92.8 Å². The van der Waals surface area contributed by atoms with E-state index < -0.39 is 30.3 Å². The molecule has 6 atom stereocenters. The highest BCUT2D eigenvalue weighted by Crippen LogP contribution is 2.59. The number of nitrogens with zero attached hydrogens (tertiary/aromatic N) is 1. The lowest BCUT2D eigenvalue weighted by Gasteiger charge is -2.28. The van der Waals surface area contributed by atoms with Crippen LogP contribution in [0.25, 0.3) is 10.8 Å². The first-order chi connectivity index (χ1) is 17.8. The fourth-order valence-electron chi connectivity index (χ4n) is 6.11. The zero-order valence-corrected chi connectivity index (χ0v) is 21.0. The second-order valence-electron chi connectivity index (χ2n) is 9.72. The van der Waals surface area contributed by atoms with Crippen LogP contribution in [0, 0.1) is 23.7 Å². The molecule has 0 aromatic heterocycles. The van der Waals surface area contributed by atoms with Crippen LogP contribution in [0.5, 0.6) is 0 Å². The van der Waals surface area contributed by atoms with Crippen molar-refractivity contribution >= 4 is 69.0 Å². The van der Waals surface area contributed by atoms with E-state index in [1.807, 2.05) is 36.4 Å². The summed E-state index contributed by atoms with van der Waals surface area (Å²) in [7, 11) is 0. The summed E-state index contributed by atoms with van der Waals surface area (Å²) in [5, 5.41) is 3.93. The average molecular weight is 537 g/mol. The van der Waals surface area contributed by atoms with Crippen molar-refractivity contribution in [3.05, 3.63) is 72.3 Å². The monoisotopic (exact) mass is 536 g/mol. The molecule has 9 heteroatoms. The molecule has 6 rings (SSSR count). The van der Waals surface area contributed by atoms with E-state index in [1.165, 1.54) is 12.1 Å². The van der Waals surface area contributed by atoms with Gasteiger partial charge in [-0.15, -0.1) is 23.2 Å². The van der Waals surface area contributed by atoms with Gasteiger partial charge < -0.3 is 10.1 Å². The van der Waals surface area contributed by atoms with Gasteiger partial charge in [0, 0.05) is 11.1 Å². The van der Waals surface area contributed by atoms with Crippen LogP contribution in [0.15, 0.2) is 66.7 Å². The fourth-order valence-corrected chi connectivity index (χ4v) is 7.00. The molecule has 3 aromatic carbocycles. The Balaban J connectivity index is 1.14. The minimum absolute atomic E-state index is 0.126. The highest BCUT2D eigenvalue weighted by molar-refractivity contribution is 6.32. The number of alkyl halides is 2. The maximum Gasteiger partial charge on any atom is 0.338 e. The molecule has 1 saturated heterocycles. The second-order valence-corrected chi connectivity index (χ2v) is 10.7. The molecule has 0 spiro atoms. The number of imide groups is 1. The molecular formula is C28H22Cl2N2O5. The summed E-state index contributed by atoms with van der Waals surface area (Å²) in [5.74, 6) is -3.07. The zero-order chi connectivity index (χ0) is 25.8. The van der Waals surface area contributed by atoms with Gasteiger partial charge in [0.15, 0.2) is 6.61 Å². The van der Waals surface area contributed by atoms with Crippen molar-refractivity contribution in [2.75, 3.05) is 16.8 Å².